The molecule has 1 aromatic rings. The van der Waals surface area contributed by atoms with Crippen LogP contribution in [0, 0.1) is 0 Å². The van der Waals surface area contributed by atoms with E-state index >= 15 is 0 Å². The number of carbonyl (C=O) groups excluding carboxylic acids is 1. The van der Waals surface area contributed by atoms with Crippen LogP contribution in [0.4, 0.5) is 10.5 Å². The quantitative estimate of drug-likeness (QED) is 0.839. The number of hydrogen-bond acceptors (Lipinski definition) is 2. The molecule has 0 radical (unpaired) electrons. The number of nitrogens with one attached hydrogen (secondary N) is 1. The third-order valence-corrected chi connectivity index (χ3v) is 2.12. The zero-order valence-corrected chi connectivity index (χ0v) is 10.6. The minimum absolute atomic E-state index is 0.416. The van der Waals surface area contributed by atoms with Gasteiger partial charge < -0.3 is 9.30 Å². The number of nitrogens with zero attached hydrogens (tertiary/aromatic N) is 1. The van der Waals surface area contributed by atoms with Gasteiger partial charge in [0.1, 0.15) is 5.60 Å². The lowest BCUT2D eigenvalue weighted by molar-refractivity contribution is 0.0636. The summed E-state index contributed by atoms with van der Waals surface area (Å²) < 4.78 is 7.16. The fourth-order valence-corrected chi connectivity index (χ4v) is 1.45. The molecule has 0 aliphatic rings. The van der Waals surface area contributed by atoms with E-state index < -0.39 is 11.7 Å². The third kappa shape index (κ3) is 3.61. The monoisotopic (exact) mass is 224 g/mol. The van der Waals surface area contributed by atoms with Gasteiger partial charge in [-0.15, -0.1) is 0 Å². The van der Waals surface area contributed by atoms with Crippen LogP contribution in [-0.4, -0.2) is 16.3 Å². The average molecular weight is 224 g/mol. The normalized spacial score (nSPS) is 11.3. The number of carbonyl (C=O) groups is 1. The Kier molecular flexibility index (Phi) is 3.62. The zero-order valence-electron chi connectivity index (χ0n) is 10.6. The van der Waals surface area contributed by atoms with Crippen LogP contribution in [0.15, 0.2) is 12.3 Å². The van der Waals surface area contributed by atoms with Gasteiger partial charge in [-0.1, -0.05) is 6.92 Å². The number of rotatable bonds is 2. The topological polar surface area (TPSA) is 43.3 Å². The molecule has 1 heterocycles. The summed E-state index contributed by atoms with van der Waals surface area (Å²) in [5.41, 5.74) is 1.48. The van der Waals surface area contributed by atoms with Gasteiger partial charge in [-0.05, 0) is 33.3 Å². The first-order valence-corrected chi connectivity index (χ1v) is 5.47. The lowest BCUT2D eigenvalue weighted by Gasteiger charge is -2.19. The van der Waals surface area contributed by atoms with Crippen LogP contribution in [0.3, 0.4) is 0 Å². The summed E-state index contributed by atoms with van der Waals surface area (Å²) in [7, 11) is 1.96. The minimum atomic E-state index is -0.466. The molecule has 4 heteroatoms. The fraction of sp³-hybridized carbons (Fsp3) is 0.583. The van der Waals surface area contributed by atoms with Gasteiger partial charge >= 0.3 is 6.09 Å². The molecule has 0 spiro atoms. The van der Waals surface area contributed by atoms with E-state index in [9.17, 15) is 4.79 Å². The van der Waals surface area contributed by atoms with Crippen molar-refractivity contribution in [1.29, 1.82) is 0 Å². The highest BCUT2D eigenvalue weighted by Crippen LogP contribution is 2.15. The Balaban J connectivity index is 2.63. The first kappa shape index (κ1) is 12.6. The van der Waals surface area contributed by atoms with Gasteiger partial charge in [-0.2, -0.15) is 0 Å². The third-order valence-electron chi connectivity index (χ3n) is 2.12. The summed E-state index contributed by atoms with van der Waals surface area (Å²) in [6, 6.07) is 1.95. The van der Waals surface area contributed by atoms with E-state index in [1.807, 2.05) is 44.6 Å². The van der Waals surface area contributed by atoms with Crippen LogP contribution >= 0.6 is 0 Å². The summed E-state index contributed by atoms with van der Waals surface area (Å²) in [4.78, 5) is 11.5. The Morgan fingerprint density at radius 1 is 1.50 bits per heavy atom. The van der Waals surface area contributed by atoms with Gasteiger partial charge in [0.25, 0.3) is 0 Å². The van der Waals surface area contributed by atoms with Crippen LogP contribution in [-0.2, 0) is 18.2 Å². The largest absolute Gasteiger partial charge is 0.444 e. The molecule has 1 N–H and O–H groups in total. The SMILES string of the molecule is CCc1cc(NC(=O)OC(C)(C)C)cn1C. The standard InChI is InChI=1S/C12H20N2O2/c1-6-10-7-9(8-14(10)5)13-11(15)16-12(2,3)4/h7-8H,6H2,1-5H3,(H,13,15). The smallest absolute Gasteiger partial charge is 0.412 e. The van der Waals surface area contributed by atoms with Crippen molar-refractivity contribution < 1.29 is 9.53 Å². The van der Waals surface area contributed by atoms with Crippen LogP contribution < -0.4 is 5.32 Å². The second kappa shape index (κ2) is 4.60. The average Bonchev–Trinajstić information content (AvgIpc) is 2.42. The molecule has 0 aromatic carbocycles. The van der Waals surface area contributed by atoms with Crippen molar-refractivity contribution in [3.8, 4) is 0 Å². The van der Waals surface area contributed by atoms with Gasteiger partial charge in [0.15, 0.2) is 0 Å². The number of ether oxygens (including phenoxy) is 1. The van der Waals surface area contributed by atoms with Gasteiger partial charge in [0.05, 0.1) is 5.69 Å². The number of hydrogen-bond donors (Lipinski definition) is 1. The molecule has 0 aliphatic heterocycles. The van der Waals surface area contributed by atoms with E-state index in [0.29, 0.717) is 0 Å². The Labute approximate surface area is 96.6 Å². The van der Waals surface area contributed by atoms with Crippen molar-refractivity contribution in [2.75, 3.05) is 5.32 Å². The predicted octanol–water partition coefficient (Wildman–Crippen LogP) is 2.93. The van der Waals surface area contributed by atoms with Crippen molar-refractivity contribution in [2.24, 2.45) is 7.05 Å². The maximum atomic E-state index is 11.5. The van der Waals surface area contributed by atoms with E-state index in [1.54, 1.807) is 0 Å². The molecule has 0 saturated heterocycles. The van der Waals surface area contributed by atoms with E-state index in [2.05, 4.69) is 12.2 Å². The highest BCUT2D eigenvalue weighted by Gasteiger charge is 2.16. The van der Waals surface area contributed by atoms with E-state index in [4.69, 9.17) is 4.74 Å². The van der Waals surface area contributed by atoms with Crippen LogP contribution in [0.25, 0.3) is 0 Å². The van der Waals surface area contributed by atoms with Gasteiger partial charge in [-0.3, -0.25) is 5.32 Å². The van der Waals surface area contributed by atoms with Crippen LogP contribution in [0.5, 0.6) is 0 Å². The maximum absolute atomic E-state index is 11.5. The summed E-state index contributed by atoms with van der Waals surface area (Å²) >= 11 is 0. The highest BCUT2D eigenvalue weighted by atomic mass is 16.6. The summed E-state index contributed by atoms with van der Waals surface area (Å²) in [6.07, 6.45) is 2.40. The van der Waals surface area contributed by atoms with Crippen LogP contribution in [0.1, 0.15) is 33.4 Å². The van der Waals surface area contributed by atoms with E-state index in [1.165, 1.54) is 5.69 Å². The Morgan fingerprint density at radius 3 is 2.56 bits per heavy atom. The molecule has 0 atom stereocenters. The fourth-order valence-electron chi connectivity index (χ4n) is 1.45. The summed E-state index contributed by atoms with van der Waals surface area (Å²) in [5.74, 6) is 0. The van der Waals surface area contributed by atoms with Gasteiger partial charge in [-0.25, -0.2) is 4.79 Å². The number of aryl methyl sites for hydroxylation is 2. The van der Waals surface area contributed by atoms with Gasteiger partial charge in [0, 0.05) is 18.9 Å². The minimum Gasteiger partial charge on any atom is -0.444 e. The Morgan fingerprint density at radius 2 is 2.12 bits per heavy atom. The highest BCUT2D eigenvalue weighted by molar-refractivity contribution is 5.84. The van der Waals surface area contributed by atoms with Gasteiger partial charge in [0.2, 0.25) is 0 Å². The molecule has 0 saturated carbocycles. The van der Waals surface area contributed by atoms with E-state index in [0.717, 1.165) is 12.1 Å². The van der Waals surface area contributed by atoms with Crippen molar-refractivity contribution in [3.05, 3.63) is 18.0 Å². The maximum Gasteiger partial charge on any atom is 0.412 e. The van der Waals surface area contributed by atoms with Crippen LogP contribution in [0.2, 0.25) is 0 Å². The molecule has 0 aliphatic carbocycles. The summed E-state index contributed by atoms with van der Waals surface area (Å²) in [6.45, 7) is 7.60. The van der Waals surface area contributed by atoms with Crippen molar-refractivity contribution in [1.82, 2.24) is 4.57 Å². The molecule has 0 bridgehead atoms. The molecule has 0 fully saturated rings. The number of aromatic nitrogens is 1. The Bertz CT molecular complexity index is 375. The first-order valence-electron chi connectivity index (χ1n) is 5.47. The Hall–Kier alpha value is -1.45. The second-order valence-electron chi connectivity index (χ2n) is 4.81. The van der Waals surface area contributed by atoms with Crippen molar-refractivity contribution in [3.63, 3.8) is 0 Å². The zero-order chi connectivity index (χ0) is 12.3. The molecule has 16 heavy (non-hydrogen) atoms. The van der Waals surface area contributed by atoms with Crippen molar-refractivity contribution in [2.45, 2.75) is 39.7 Å². The summed E-state index contributed by atoms with van der Waals surface area (Å²) in [5, 5.41) is 2.71. The van der Waals surface area contributed by atoms with E-state index in [-0.39, 0.29) is 0 Å². The molecule has 1 rings (SSSR count). The molecular formula is C12H20N2O2. The predicted molar refractivity (Wildman–Crippen MR) is 64.6 cm³/mol. The molecule has 1 aromatic heterocycles. The molecule has 0 unspecified atom stereocenters. The molecule has 4 nitrogen and oxygen atoms in total. The molecule has 90 valence electrons. The molecule has 1 amide bonds. The first-order chi connectivity index (χ1) is 7.31. The second-order valence-corrected chi connectivity index (χ2v) is 4.81. The lowest BCUT2D eigenvalue weighted by Crippen LogP contribution is -2.27. The number of anilines is 1. The molecular weight excluding hydrogens is 204 g/mol. The lowest BCUT2D eigenvalue weighted by atomic mass is 10.2. The van der Waals surface area contributed by atoms with Crippen molar-refractivity contribution >= 4 is 11.8 Å². The number of amides is 1.